The van der Waals surface area contributed by atoms with E-state index in [2.05, 4.69) is 4.74 Å². The molecular weight excluding hydrogens is 176 g/mol. The highest BCUT2D eigenvalue weighted by molar-refractivity contribution is 5.93. The number of methoxy groups -OCH3 is 1. The van der Waals surface area contributed by atoms with Gasteiger partial charge in [0, 0.05) is 6.42 Å². The van der Waals surface area contributed by atoms with Crippen LogP contribution in [0, 0.1) is 0 Å². The van der Waals surface area contributed by atoms with Crippen molar-refractivity contribution < 1.29 is 24.2 Å². The third kappa shape index (κ3) is 18.0. The van der Waals surface area contributed by atoms with Crippen LogP contribution in [-0.2, 0) is 19.1 Å². The summed E-state index contributed by atoms with van der Waals surface area (Å²) in [5, 5.41) is 7.72. The van der Waals surface area contributed by atoms with Gasteiger partial charge in [0.15, 0.2) is 0 Å². The van der Waals surface area contributed by atoms with E-state index in [-0.39, 0.29) is 18.6 Å². The monoisotopic (exact) mass is 190 g/mol. The number of carbonyl (C=O) groups excluding carboxylic acids is 2. The summed E-state index contributed by atoms with van der Waals surface area (Å²) in [5.74, 6) is -1.39. The minimum absolute atomic E-state index is 0.115. The highest BCUT2D eigenvalue weighted by Crippen LogP contribution is 1.83. The second kappa shape index (κ2) is 8.70. The van der Waals surface area contributed by atoms with Crippen molar-refractivity contribution >= 4 is 17.7 Å². The van der Waals surface area contributed by atoms with Crippen LogP contribution in [0.15, 0.2) is 0 Å². The Kier molecular flexibility index (Phi) is 9.48. The normalized spacial score (nSPS) is 7.92. The molecule has 0 radical (unpaired) electrons. The predicted octanol–water partition coefficient (Wildman–Crippen LogP) is 0.619. The Bertz CT molecular complexity index is 185. The Hall–Kier alpha value is -1.39. The van der Waals surface area contributed by atoms with Crippen molar-refractivity contribution in [3.8, 4) is 0 Å². The average Bonchev–Trinajstić information content (AvgIpc) is 2.04. The van der Waals surface area contributed by atoms with Gasteiger partial charge in [0.1, 0.15) is 12.2 Å². The molecule has 0 aliphatic carbocycles. The van der Waals surface area contributed by atoms with Crippen molar-refractivity contribution in [1.29, 1.82) is 0 Å². The van der Waals surface area contributed by atoms with Crippen LogP contribution >= 0.6 is 0 Å². The van der Waals surface area contributed by atoms with Gasteiger partial charge >= 0.3 is 11.9 Å². The summed E-state index contributed by atoms with van der Waals surface area (Å²) in [6.07, 6.45) is 0.108. The van der Waals surface area contributed by atoms with Crippen LogP contribution in [0.25, 0.3) is 0 Å². The molecule has 5 heteroatoms. The van der Waals surface area contributed by atoms with Gasteiger partial charge in [-0.1, -0.05) is 6.92 Å². The molecule has 0 heterocycles. The second-order valence-electron chi connectivity index (χ2n) is 2.20. The standard InChI is InChI=1S/C5H8O3.C3H6O2/c1-4(6)3-5(7)8-2;1-2-3(4)5/h3H2,1-2H3;2H2,1H3,(H,4,5). The summed E-state index contributed by atoms with van der Waals surface area (Å²) < 4.78 is 4.20. The lowest BCUT2D eigenvalue weighted by molar-refractivity contribution is -0.143. The number of carboxylic acid groups (broad SMARTS) is 1. The molecule has 0 amide bonds. The van der Waals surface area contributed by atoms with E-state index in [1.54, 1.807) is 6.92 Å². The van der Waals surface area contributed by atoms with Gasteiger partial charge in [-0.2, -0.15) is 0 Å². The first-order valence-electron chi connectivity index (χ1n) is 3.72. The largest absolute Gasteiger partial charge is 0.481 e. The Morgan fingerprint density at radius 3 is 1.77 bits per heavy atom. The van der Waals surface area contributed by atoms with Gasteiger partial charge in [-0.25, -0.2) is 0 Å². The molecule has 13 heavy (non-hydrogen) atoms. The number of carboxylic acids is 1. The van der Waals surface area contributed by atoms with Crippen LogP contribution in [0.2, 0.25) is 0 Å². The molecule has 0 rings (SSSR count). The van der Waals surface area contributed by atoms with Gasteiger partial charge in [0.25, 0.3) is 0 Å². The van der Waals surface area contributed by atoms with E-state index in [9.17, 15) is 14.4 Å². The Morgan fingerprint density at radius 2 is 1.69 bits per heavy atom. The van der Waals surface area contributed by atoms with Crippen LogP contribution < -0.4 is 0 Å². The van der Waals surface area contributed by atoms with Crippen molar-refractivity contribution in [2.45, 2.75) is 26.7 Å². The number of ether oxygens (including phenoxy) is 1. The molecule has 1 N–H and O–H groups in total. The summed E-state index contributed by atoms with van der Waals surface area (Å²) in [6.45, 7) is 2.94. The van der Waals surface area contributed by atoms with Crippen LogP contribution in [0.5, 0.6) is 0 Å². The lowest BCUT2D eigenvalue weighted by atomic mass is 10.3. The summed E-state index contributed by atoms with van der Waals surface area (Å²) in [4.78, 5) is 29.7. The van der Waals surface area contributed by atoms with Crippen molar-refractivity contribution in [1.82, 2.24) is 0 Å². The molecule has 0 spiro atoms. The number of aliphatic carboxylic acids is 1. The maximum Gasteiger partial charge on any atom is 0.313 e. The topological polar surface area (TPSA) is 80.7 Å². The SMILES string of the molecule is CCC(=O)O.COC(=O)CC(C)=O. The quantitative estimate of drug-likeness (QED) is 0.521. The fraction of sp³-hybridized carbons (Fsp3) is 0.625. The third-order valence-electron chi connectivity index (χ3n) is 0.923. The second-order valence-corrected chi connectivity index (χ2v) is 2.20. The number of rotatable bonds is 3. The van der Waals surface area contributed by atoms with Gasteiger partial charge < -0.3 is 9.84 Å². The minimum atomic E-state index is -0.745. The maximum absolute atomic E-state index is 10.2. The highest BCUT2D eigenvalue weighted by Gasteiger charge is 2.01. The molecule has 0 aromatic carbocycles. The first-order chi connectivity index (χ1) is 5.93. The van der Waals surface area contributed by atoms with E-state index in [0.717, 1.165) is 0 Å². The molecule has 0 aromatic rings. The number of carbonyl (C=O) groups is 3. The van der Waals surface area contributed by atoms with Crippen LogP contribution in [0.1, 0.15) is 26.7 Å². The summed E-state index contributed by atoms with van der Waals surface area (Å²) >= 11 is 0. The molecule has 0 unspecified atom stereocenters. The Labute approximate surface area is 76.7 Å². The fourth-order valence-electron chi connectivity index (χ4n) is 0.275. The first-order valence-corrected chi connectivity index (χ1v) is 3.72. The zero-order chi connectivity index (χ0) is 10.9. The summed E-state index contributed by atoms with van der Waals surface area (Å²) in [6, 6.07) is 0. The van der Waals surface area contributed by atoms with E-state index in [1.807, 2.05) is 0 Å². The van der Waals surface area contributed by atoms with Crippen LogP contribution in [0.3, 0.4) is 0 Å². The lowest BCUT2D eigenvalue weighted by Gasteiger charge is -1.90. The molecule has 0 atom stereocenters. The average molecular weight is 190 g/mol. The van der Waals surface area contributed by atoms with E-state index in [0.29, 0.717) is 0 Å². The minimum Gasteiger partial charge on any atom is -0.481 e. The van der Waals surface area contributed by atoms with E-state index in [1.165, 1.54) is 14.0 Å². The molecule has 0 saturated heterocycles. The highest BCUT2D eigenvalue weighted by atomic mass is 16.5. The van der Waals surface area contributed by atoms with Crippen molar-refractivity contribution in [2.75, 3.05) is 7.11 Å². The fourth-order valence-corrected chi connectivity index (χ4v) is 0.275. The molecule has 0 saturated carbocycles. The van der Waals surface area contributed by atoms with E-state index < -0.39 is 11.9 Å². The number of hydrogen-bond acceptors (Lipinski definition) is 4. The molecule has 5 nitrogen and oxygen atoms in total. The molecular formula is C8H14O5. The smallest absolute Gasteiger partial charge is 0.313 e. The molecule has 0 aliphatic heterocycles. The molecule has 0 aromatic heterocycles. The number of Topliss-reactive ketones (excluding diaryl/α,β-unsaturated/α-hetero) is 1. The van der Waals surface area contributed by atoms with Crippen molar-refractivity contribution in [2.24, 2.45) is 0 Å². The van der Waals surface area contributed by atoms with Crippen LogP contribution in [0.4, 0.5) is 0 Å². The molecule has 76 valence electrons. The Morgan fingerprint density at radius 1 is 1.31 bits per heavy atom. The third-order valence-corrected chi connectivity index (χ3v) is 0.923. The number of hydrogen-bond donors (Lipinski definition) is 1. The van der Waals surface area contributed by atoms with E-state index in [4.69, 9.17) is 5.11 Å². The zero-order valence-electron chi connectivity index (χ0n) is 7.99. The van der Waals surface area contributed by atoms with Crippen molar-refractivity contribution in [3.63, 3.8) is 0 Å². The van der Waals surface area contributed by atoms with Gasteiger partial charge in [-0.15, -0.1) is 0 Å². The first kappa shape index (κ1) is 14.2. The molecule has 0 aliphatic rings. The van der Waals surface area contributed by atoms with Gasteiger partial charge in [-0.3, -0.25) is 14.4 Å². The molecule has 0 fully saturated rings. The summed E-state index contributed by atoms with van der Waals surface area (Å²) in [7, 11) is 1.26. The number of ketones is 1. The molecule has 0 bridgehead atoms. The number of esters is 1. The van der Waals surface area contributed by atoms with Gasteiger partial charge in [-0.05, 0) is 6.92 Å². The van der Waals surface area contributed by atoms with E-state index >= 15 is 0 Å². The van der Waals surface area contributed by atoms with Crippen LogP contribution in [-0.4, -0.2) is 29.9 Å². The Balaban J connectivity index is 0. The summed E-state index contributed by atoms with van der Waals surface area (Å²) in [5.41, 5.74) is 0. The predicted molar refractivity (Wildman–Crippen MR) is 45.2 cm³/mol. The van der Waals surface area contributed by atoms with Gasteiger partial charge in [0.2, 0.25) is 0 Å². The van der Waals surface area contributed by atoms with Crippen molar-refractivity contribution in [3.05, 3.63) is 0 Å². The zero-order valence-corrected chi connectivity index (χ0v) is 7.99. The lowest BCUT2D eigenvalue weighted by Crippen LogP contribution is -2.05. The maximum atomic E-state index is 10.2. The van der Waals surface area contributed by atoms with Gasteiger partial charge in [0.05, 0.1) is 7.11 Å².